The van der Waals surface area contributed by atoms with Crippen LogP contribution in [0.2, 0.25) is 0 Å². The van der Waals surface area contributed by atoms with Crippen LogP contribution in [-0.4, -0.2) is 158 Å². The Kier molecular flexibility index (Phi) is 26.6. The minimum atomic E-state index is -1.32. The Bertz CT molecular complexity index is 1680. The SMILES string of the molecule is CCNCNC(=O)C(NC(=O)CNC(=O)[C@H](CCN)NC(=O)[C@H](CC(C)C)NC(=O)[C@@H](Cc1ccccc1)NC(=O)[C@H](CCN)NC(=O)CNC(=O)CNC(=O)C(N)C(C)O)C(C)O. The smallest absolute Gasteiger partial charge is 0.246 e. The second-order valence-corrected chi connectivity index (χ2v) is 15.4. The average Bonchev–Trinajstić information content (AvgIpc) is 3.24. The molecule has 24 nitrogen and oxygen atoms in total. The molecule has 1 rings (SSSR count). The maximum atomic E-state index is 14.0. The second-order valence-electron chi connectivity index (χ2n) is 15.4. The standard InChI is InChI=1S/C40H69N13O11/c1-6-44-21-48-40(64)34(24(5)55)53-32(58)20-46-35(59)26(12-14-41)50-37(61)28(16-22(2)3)51-38(62)29(17-25-10-8-7-9-11-25)52-36(60)27(13-15-42)49-31(57)19-45-30(56)18-47-39(63)33(43)23(4)54/h7-11,22-24,26-29,33-34,44,54-55H,6,12-21,41-43H2,1-5H3,(H,45,56)(H,46,59)(H,47,63)(H,48,64)(H,49,57)(H,50,61)(H,51,62)(H,52,60)(H,53,58)/t23?,24?,26-,27-,28-,29+,33?,34?/m0/s1. The van der Waals surface area contributed by atoms with Gasteiger partial charge in [-0.15, -0.1) is 0 Å². The van der Waals surface area contributed by atoms with E-state index in [0.717, 1.165) is 0 Å². The van der Waals surface area contributed by atoms with Gasteiger partial charge >= 0.3 is 0 Å². The highest BCUT2D eigenvalue weighted by atomic mass is 16.3. The third-order valence-electron chi connectivity index (χ3n) is 9.29. The molecule has 0 spiro atoms. The largest absolute Gasteiger partial charge is 0.391 e. The fourth-order valence-electron chi connectivity index (χ4n) is 5.75. The minimum Gasteiger partial charge on any atom is -0.391 e. The van der Waals surface area contributed by atoms with Crippen molar-refractivity contribution in [2.45, 2.75) is 109 Å². The van der Waals surface area contributed by atoms with E-state index in [2.05, 4.69) is 53.2 Å². The molecule has 0 saturated heterocycles. The van der Waals surface area contributed by atoms with Crippen LogP contribution in [0.5, 0.6) is 0 Å². The lowest BCUT2D eigenvalue weighted by molar-refractivity contribution is -0.135. The van der Waals surface area contributed by atoms with Crippen LogP contribution in [0.15, 0.2) is 30.3 Å². The maximum Gasteiger partial charge on any atom is 0.246 e. The third-order valence-corrected chi connectivity index (χ3v) is 9.29. The van der Waals surface area contributed by atoms with Crippen LogP contribution in [0.25, 0.3) is 0 Å². The number of hydrogen-bond acceptors (Lipinski definition) is 15. The van der Waals surface area contributed by atoms with Crippen molar-refractivity contribution in [2.24, 2.45) is 23.1 Å². The van der Waals surface area contributed by atoms with Crippen LogP contribution >= 0.6 is 0 Å². The van der Waals surface area contributed by atoms with Crippen molar-refractivity contribution in [3.8, 4) is 0 Å². The fourth-order valence-corrected chi connectivity index (χ4v) is 5.75. The van der Waals surface area contributed by atoms with Crippen LogP contribution in [0.1, 0.15) is 59.4 Å². The average molecular weight is 908 g/mol. The topological polar surface area (TPSA) is 392 Å². The van der Waals surface area contributed by atoms with E-state index in [1.807, 2.05) is 6.92 Å². The molecule has 0 aliphatic carbocycles. The number of rotatable bonds is 30. The van der Waals surface area contributed by atoms with E-state index in [-0.39, 0.29) is 51.4 Å². The molecule has 360 valence electrons. The molecule has 0 aromatic heterocycles. The van der Waals surface area contributed by atoms with Gasteiger partial charge in [0.2, 0.25) is 53.2 Å². The van der Waals surface area contributed by atoms with Crippen LogP contribution in [0, 0.1) is 5.92 Å². The van der Waals surface area contributed by atoms with Crippen molar-refractivity contribution < 1.29 is 53.4 Å². The summed E-state index contributed by atoms with van der Waals surface area (Å²) in [6.45, 7) is 6.82. The first-order valence-corrected chi connectivity index (χ1v) is 21.1. The summed E-state index contributed by atoms with van der Waals surface area (Å²) in [5, 5.41) is 44.5. The van der Waals surface area contributed by atoms with Crippen LogP contribution in [0.4, 0.5) is 0 Å². The molecule has 0 heterocycles. The van der Waals surface area contributed by atoms with Crippen molar-refractivity contribution in [1.82, 2.24) is 53.2 Å². The van der Waals surface area contributed by atoms with E-state index in [0.29, 0.717) is 12.1 Å². The monoisotopic (exact) mass is 908 g/mol. The summed E-state index contributed by atoms with van der Waals surface area (Å²) in [4.78, 5) is 117. The lowest BCUT2D eigenvalue weighted by atomic mass is 10.00. The molecule has 64 heavy (non-hydrogen) atoms. The number of benzene rings is 1. The Morgan fingerprint density at radius 2 is 1.06 bits per heavy atom. The molecule has 0 bridgehead atoms. The Morgan fingerprint density at radius 3 is 1.62 bits per heavy atom. The van der Waals surface area contributed by atoms with Crippen molar-refractivity contribution in [2.75, 3.05) is 45.9 Å². The number of amides is 9. The van der Waals surface area contributed by atoms with Gasteiger partial charge in [0, 0.05) is 6.42 Å². The second kappa shape index (κ2) is 30.3. The summed E-state index contributed by atoms with van der Waals surface area (Å²) in [6.07, 6.45) is -2.53. The van der Waals surface area contributed by atoms with Gasteiger partial charge in [-0.05, 0) is 64.2 Å². The van der Waals surface area contributed by atoms with Crippen LogP contribution in [0.3, 0.4) is 0 Å². The first-order chi connectivity index (χ1) is 30.2. The lowest BCUT2D eigenvalue weighted by Crippen LogP contribution is -2.59. The zero-order valence-electron chi connectivity index (χ0n) is 37.2. The normalized spacial score (nSPS) is 14.7. The van der Waals surface area contributed by atoms with Gasteiger partial charge in [0.1, 0.15) is 36.3 Å². The maximum absolute atomic E-state index is 14.0. The summed E-state index contributed by atoms with van der Waals surface area (Å²) in [6, 6.07) is 0.975. The number of carbonyl (C=O) groups excluding carboxylic acids is 9. The third kappa shape index (κ3) is 22.0. The Morgan fingerprint density at radius 1 is 0.562 bits per heavy atom. The van der Waals surface area contributed by atoms with E-state index >= 15 is 0 Å². The van der Waals surface area contributed by atoms with Gasteiger partial charge in [-0.25, -0.2) is 0 Å². The molecule has 1 aromatic rings. The van der Waals surface area contributed by atoms with E-state index in [4.69, 9.17) is 17.2 Å². The van der Waals surface area contributed by atoms with Gasteiger partial charge in [-0.2, -0.15) is 0 Å². The first kappa shape index (κ1) is 56.2. The molecule has 4 unspecified atom stereocenters. The lowest BCUT2D eigenvalue weighted by Gasteiger charge is -2.27. The van der Waals surface area contributed by atoms with Crippen molar-refractivity contribution in [3.05, 3.63) is 35.9 Å². The summed E-state index contributed by atoms with van der Waals surface area (Å²) >= 11 is 0. The van der Waals surface area contributed by atoms with Crippen molar-refractivity contribution >= 4 is 53.2 Å². The highest BCUT2D eigenvalue weighted by molar-refractivity contribution is 5.97. The van der Waals surface area contributed by atoms with E-state index < -0.39 is 121 Å². The first-order valence-electron chi connectivity index (χ1n) is 21.1. The number of nitrogens with two attached hydrogens (primary N) is 3. The van der Waals surface area contributed by atoms with Gasteiger partial charge in [0.25, 0.3) is 0 Å². The molecule has 0 aliphatic rings. The molecule has 0 aliphatic heterocycles. The molecule has 24 heteroatoms. The summed E-state index contributed by atoms with van der Waals surface area (Å²) in [5.41, 5.74) is 17.6. The van der Waals surface area contributed by atoms with Crippen molar-refractivity contribution in [3.63, 3.8) is 0 Å². The number of aliphatic hydroxyl groups is 2. The summed E-state index contributed by atoms with van der Waals surface area (Å²) in [5.74, 6) is -7.10. The van der Waals surface area contributed by atoms with Gasteiger partial charge in [-0.3, -0.25) is 43.2 Å². The minimum absolute atomic E-state index is 0.0499. The van der Waals surface area contributed by atoms with Gasteiger partial charge in [0.05, 0.1) is 38.5 Å². The summed E-state index contributed by atoms with van der Waals surface area (Å²) in [7, 11) is 0. The predicted molar refractivity (Wildman–Crippen MR) is 234 cm³/mol. The molecular formula is C40H69N13O11. The van der Waals surface area contributed by atoms with Gasteiger partial charge in [0.15, 0.2) is 0 Å². The Hall–Kier alpha value is -5.79. The quantitative estimate of drug-likeness (QED) is 0.0252. The molecule has 18 N–H and O–H groups in total. The van der Waals surface area contributed by atoms with E-state index in [9.17, 15) is 53.4 Å². The Labute approximate surface area is 372 Å². The number of hydrogen-bond donors (Lipinski definition) is 15. The van der Waals surface area contributed by atoms with Gasteiger partial charge in [-0.1, -0.05) is 51.1 Å². The number of carbonyl (C=O) groups is 9. The molecular weight excluding hydrogens is 839 g/mol. The fraction of sp³-hybridized carbons (Fsp3) is 0.625. The van der Waals surface area contributed by atoms with Crippen molar-refractivity contribution in [1.29, 1.82) is 0 Å². The summed E-state index contributed by atoms with van der Waals surface area (Å²) < 4.78 is 0. The zero-order chi connectivity index (χ0) is 48.4. The molecule has 8 atom stereocenters. The molecule has 0 radical (unpaired) electrons. The Balaban J connectivity index is 3.12. The predicted octanol–water partition coefficient (Wildman–Crippen LogP) is -6.48. The number of nitrogens with one attached hydrogen (secondary N) is 10. The van der Waals surface area contributed by atoms with Crippen LogP contribution in [-0.2, 0) is 49.6 Å². The van der Waals surface area contributed by atoms with E-state index in [1.54, 1.807) is 44.2 Å². The molecule has 0 saturated carbocycles. The van der Waals surface area contributed by atoms with Crippen LogP contribution < -0.4 is 70.4 Å². The number of aliphatic hydroxyl groups excluding tert-OH is 2. The molecule has 1 aromatic carbocycles. The molecule has 0 fully saturated rings. The van der Waals surface area contributed by atoms with E-state index in [1.165, 1.54) is 13.8 Å². The molecule has 9 amide bonds. The van der Waals surface area contributed by atoms with Gasteiger partial charge < -0.3 is 80.6 Å². The highest BCUT2D eigenvalue weighted by Gasteiger charge is 2.32. The zero-order valence-corrected chi connectivity index (χ0v) is 37.2. The highest BCUT2D eigenvalue weighted by Crippen LogP contribution is 2.10.